The molecule has 0 fully saturated rings. The Kier molecular flexibility index (Phi) is 5.06. The van der Waals surface area contributed by atoms with Gasteiger partial charge in [0.25, 0.3) is 6.43 Å². The second-order valence-electron chi connectivity index (χ2n) is 4.33. The lowest BCUT2D eigenvalue weighted by Crippen LogP contribution is -2.07. The highest BCUT2D eigenvalue weighted by Crippen LogP contribution is 2.29. The van der Waals surface area contributed by atoms with Crippen molar-refractivity contribution in [3.8, 4) is 16.9 Å². The summed E-state index contributed by atoms with van der Waals surface area (Å²) < 4.78 is 31.4. The van der Waals surface area contributed by atoms with Gasteiger partial charge in [0.15, 0.2) is 0 Å². The Morgan fingerprint density at radius 1 is 1.30 bits per heavy atom. The number of hydrogen-bond donors (Lipinski definition) is 1. The normalized spacial score (nSPS) is 11.0. The van der Waals surface area contributed by atoms with Gasteiger partial charge in [-0.05, 0) is 19.0 Å². The Bertz CT molecular complexity index is 543. The van der Waals surface area contributed by atoms with Gasteiger partial charge in [-0.2, -0.15) is 5.10 Å². The summed E-state index contributed by atoms with van der Waals surface area (Å²) in [5.41, 5.74) is 7.05. The molecule has 0 aliphatic carbocycles. The van der Waals surface area contributed by atoms with Gasteiger partial charge >= 0.3 is 0 Å². The van der Waals surface area contributed by atoms with Crippen molar-refractivity contribution >= 4 is 0 Å². The summed E-state index contributed by atoms with van der Waals surface area (Å²) in [5, 5.41) is 4.22. The molecule has 6 heteroatoms. The van der Waals surface area contributed by atoms with Gasteiger partial charge in [-0.3, -0.25) is 4.68 Å². The Balaban J connectivity index is 2.16. The van der Waals surface area contributed by atoms with E-state index in [1.165, 1.54) is 0 Å². The van der Waals surface area contributed by atoms with Crippen LogP contribution in [-0.4, -0.2) is 29.4 Å². The highest BCUT2D eigenvalue weighted by atomic mass is 19.3. The molecule has 0 saturated heterocycles. The van der Waals surface area contributed by atoms with Gasteiger partial charge in [-0.15, -0.1) is 0 Å². The molecule has 108 valence electrons. The quantitative estimate of drug-likeness (QED) is 0.848. The first-order valence-electron chi connectivity index (χ1n) is 6.43. The van der Waals surface area contributed by atoms with Gasteiger partial charge in [0.05, 0.1) is 6.20 Å². The van der Waals surface area contributed by atoms with E-state index in [4.69, 9.17) is 10.5 Å². The molecule has 0 unspecified atom stereocenters. The summed E-state index contributed by atoms with van der Waals surface area (Å²) in [6, 6.07) is 7.09. The van der Waals surface area contributed by atoms with E-state index >= 15 is 0 Å². The van der Waals surface area contributed by atoms with Gasteiger partial charge in [0, 0.05) is 23.9 Å². The van der Waals surface area contributed by atoms with Crippen molar-refractivity contribution in [2.75, 3.05) is 13.2 Å². The van der Waals surface area contributed by atoms with Crippen LogP contribution in [0, 0.1) is 0 Å². The molecule has 2 aromatic rings. The summed E-state index contributed by atoms with van der Waals surface area (Å²) in [7, 11) is 0. The predicted octanol–water partition coefficient (Wildman–Crippen LogP) is 2.54. The zero-order valence-electron chi connectivity index (χ0n) is 11.0. The second kappa shape index (κ2) is 7.00. The van der Waals surface area contributed by atoms with E-state index in [1.54, 1.807) is 23.0 Å². The number of nitrogens with zero attached hydrogens (tertiary/aromatic N) is 2. The van der Waals surface area contributed by atoms with Gasteiger partial charge < -0.3 is 10.5 Å². The van der Waals surface area contributed by atoms with Crippen molar-refractivity contribution < 1.29 is 13.5 Å². The molecule has 2 N–H and O–H groups in total. The molecule has 0 aliphatic heterocycles. The van der Waals surface area contributed by atoms with Gasteiger partial charge in [0.1, 0.15) is 12.4 Å². The lowest BCUT2D eigenvalue weighted by atomic mass is 10.1. The highest BCUT2D eigenvalue weighted by Gasteiger charge is 2.10. The van der Waals surface area contributed by atoms with Crippen LogP contribution in [0.1, 0.15) is 6.42 Å². The van der Waals surface area contributed by atoms with E-state index in [2.05, 4.69) is 5.10 Å². The van der Waals surface area contributed by atoms with Crippen LogP contribution in [0.5, 0.6) is 5.75 Å². The number of benzene rings is 1. The zero-order valence-corrected chi connectivity index (χ0v) is 11.0. The average Bonchev–Trinajstić information content (AvgIpc) is 2.92. The number of nitrogens with two attached hydrogens (primary N) is 1. The third-order valence-electron chi connectivity index (χ3n) is 2.79. The number of para-hydroxylation sites is 1. The summed E-state index contributed by atoms with van der Waals surface area (Å²) in [4.78, 5) is 0. The number of alkyl halides is 2. The Morgan fingerprint density at radius 2 is 2.10 bits per heavy atom. The van der Waals surface area contributed by atoms with Crippen LogP contribution in [0.3, 0.4) is 0 Å². The van der Waals surface area contributed by atoms with Crippen molar-refractivity contribution in [1.82, 2.24) is 9.78 Å². The molecule has 0 atom stereocenters. The van der Waals surface area contributed by atoms with Crippen LogP contribution in [0.2, 0.25) is 0 Å². The molecule has 0 radical (unpaired) electrons. The Morgan fingerprint density at radius 3 is 2.85 bits per heavy atom. The van der Waals surface area contributed by atoms with Crippen LogP contribution in [-0.2, 0) is 6.54 Å². The molecule has 1 heterocycles. The topological polar surface area (TPSA) is 53.1 Å². The first-order valence-corrected chi connectivity index (χ1v) is 6.43. The Labute approximate surface area is 116 Å². The maximum Gasteiger partial charge on any atom is 0.272 e. The summed E-state index contributed by atoms with van der Waals surface area (Å²) >= 11 is 0. The fourth-order valence-corrected chi connectivity index (χ4v) is 1.86. The first-order chi connectivity index (χ1) is 9.70. The second-order valence-corrected chi connectivity index (χ2v) is 4.33. The van der Waals surface area contributed by atoms with E-state index in [9.17, 15) is 8.78 Å². The molecule has 0 amide bonds. The van der Waals surface area contributed by atoms with Crippen LogP contribution in [0.25, 0.3) is 11.1 Å². The van der Waals surface area contributed by atoms with Crippen LogP contribution in [0.4, 0.5) is 8.78 Å². The monoisotopic (exact) mass is 281 g/mol. The van der Waals surface area contributed by atoms with Gasteiger partial charge in [0.2, 0.25) is 0 Å². The molecular weight excluding hydrogens is 264 g/mol. The molecule has 1 aromatic carbocycles. The molecular formula is C14H17F2N3O. The molecule has 0 spiro atoms. The fraction of sp³-hybridized carbons (Fsp3) is 0.357. The SMILES string of the molecule is NCCCn1cc(-c2ccccc2OCC(F)F)cn1. The molecule has 0 bridgehead atoms. The van der Waals surface area contributed by atoms with E-state index in [-0.39, 0.29) is 0 Å². The molecule has 0 saturated carbocycles. The minimum atomic E-state index is -2.49. The third-order valence-corrected chi connectivity index (χ3v) is 2.79. The minimum absolute atomic E-state index is 0.436. The number of aryl methyl sites for hydroxylation is 1. The minimum Gasteiger partial charge on any atom is -0.487 e. The number of aromatic nitrogens is 2. The van der Waals surface area contributed by atoms with Crippen molar-refractivity contribution in [3.05, 3.63) is 36.7 Å². The lowest BCUT2D eigenvalue weighted by molar-refractivity contribution is 0.0822. The number of halogens is 2. The first kappa shape index (κ1) is 14.5. The smallest absolute Gasteiger partial charge is 0.272 e. The largest absolute Gasteiger partial charge is 0.487 e. The third kappa shape index (κ3) is 3.77. The zero-order chi connectivity index (χ0) is 14.4. The maximum absolute atomic E-state index is 12.2. The molecule has 1 aromatic heterocycles. The van der Waals surface area contributed by atoms with Crippen molar-refractivity contribution in [3.63, 3.8) is 0 Å². The van der Waals surface area contributed by atoms with Gasteiger partial charge in [-0.25, -0.2) is 8.78 Å². The standard InChI is InChI=1S/C14H17F2N3O/c15-14(16)10-20-13-5-2-1-4-12(13)11-8-18-19(9-11)7-3-6-17/h1-2,4-5,8-9,14H,3,6-7,10,17H2. The van der Waals surface area contributed by atoms with Crippen molar-refractivity contribution in [1.29, 1.82) is 0 Å². The number of ether oxygens (including phenoxy) is 1. The number of hydrogen-bond acceptors (Lipinski definition) is 3. The highest BCUT2D eigenvalue weighted by molar-refractivity contribution is 5.69. The Hall–Kier alpha value is -1.95. The van der Waals surface area contributed by atoms with E-state index in [0.29, 0.717) is 12.3 Å². The van der Waals surface area contributed by atoms with Crippen molar-refractivity contribution in [2.45, 2.75) is 19.4 Å². The predicted molar refractivity (Wildman–Crippen MR) is 72.8 cm³/mol. The van der Waals surface area contributed by atoms with Crippen LogP contribution < -0.4 is 10.5 Å². The average molecular weight is 281 g/mol. The maximum atomic E-state index is 12.2. The fourth-order valence-electron chi connectivity index (χ4n) is 1.86. The lowest BCUT2D eigenvalue weighted by Gasteiger charge is -2.09. The van der Waals surface area contributed by atoms with Crippen molar-refractivity contribution in [2.24, 2.45) is 5.73 Å². The van der Waals surface area contributed by atoms with E-state index in [1.807, 2.05) is 18.3 Å². The van der Waals surface area contributed by atoms with E-state index in [0.717, 1.165) is 24.1 Å². The van der Waals surface area contributed by atoms with Gasteiger partial charge in [-0.1, -0.05) is 18.2 Å². The molecule has 4 nitrogen and oxygen atoms in total. The summed E-state index contributed by atoms with van der Waals surface area (Å²) in [6.45, 7) is 0.720. The van der Waals surface area contributed by atoms with Crippen LogP contribution >= 0.6 is 0 Å². The molecule has 0 aliphatic rings. The summed E-state index contributed by atoms with van der Waals surface area (Å²) in [5.74, 6) is 0.436. The molecule has 2 rings (SSSR count). The number of rotatable bonds is 7. The summed E-state index contributed by atoms with van der Waals surface area (Å²) in [6.07, 6.45) is 1.90. The van der Waals surface area contributed by atoms with Crippen LogP contribution in [0.15, 0.2) is 36.7 Å². The molecule has 20 heavy (non-hydrogen) atoms. The van der Waals surface area contributed by atoms with E-state index < -0.39 is 13.0 Å².